The predicted molar refractivity (Wildman–Crippen MR) is 40.7 cm³/mol. The molecule has 1 heterocycles. The van der Waals surface area contributed by atoms with E-state index in [4.69, 9.17) is 0 Å². The summed E-state index contributed by atoms with van der Waals surface area (Å²) >= 11 is 0. The Balaban J connectivity index is 2.70. The standard InChI is InChI=1S/C8H11NO2/c1-3-9-5-4-7(6(2)10)8(9)11/h3,7H,1,4-5H2,2H3/t7-/m0/s1. The van der Waals surface area contributed by atoms with E-state index in [-0.39, 0.29) is 11.7 Å². The highest BCUT2D eigenvalue weighted by Gasteiger charge is 2.32. The monoisotopic (exact) mass is 153 g/mol. The molecule has 0 unspecified atom stereocenters. The number of carbonyl (C=O) groups excluding carboxylic acids is 2. The van der Waals surface area contributed by atoms with Crippen LogP contribution >= 0.6 is 0 Å². The van der Waals surface area contributed by atoms with Gasteiger partial charge in [0.2, 0.25) is 5.91 Å². The van der Waals surface area contributed by atoms with Crippen LogP contribution in [-0.2, 0) is 9.59 Å². The maximum atomic E-state index is 11.2. The molecule has 0 aromatic rings. The van der Waals surface area contributed by atoms with Crippen molar-refractivity contribution in [2.75, 3.05) is 6.54 Å². The molecule has 0 aromatic heterocycles. The van der Waals surface area contributed by atoms with Crippen molar-refractivity contribution in [2.45, 2.75) is 13.3 Å². The van der Waals surface area contributed by atoms with Crippen LogP contribution in [0.1, 0.15) is 13.3 Å². The minimum Gasteiger partial charge on any atom is -0.319 e. The lowest BCUT2D eigenvalue weighted by Gasteiger charge is -2.08. The zero-order valence-corrected chi connectivity index (χ0v) is 6.54. The largest absolute Gasteiger partial charge is 0.319 e. The number of nitrogens with zero attached hydrogens (tertiary/aromatic N) is 1. The van der Waals surface area contributed by atoms with Crippen molar-refractivity contribution in [3.63, 3.8) is 0 Å². The second kappa shape index (κ2) is 2.86. The van der Waals surface area contributed by atoms with Gasteiger partial charge in [0.1, 0.15) is 5.78 Å². The van der Waals surface area contributed by atoms with Crippen LogP contribution in [0.15, 0.2) is 12.8 Å². The lowest BCUT2D eigenvalue weighted by atomic mass is 10.0. The maximum absolute atomic E-state index is 11.2. The van der Waals surface area contributed by atoms with E-state index in [0.717, 1.165) is 0 Å². The smallest absolute Gasteiger partial charge is 0.237 e. The summed E-state index contributed by atoms with van der Waals surface area (Å²) in [6.45, 7) is 5.57. The van der Waals surface area contributed by atoms with Crippen molar-refractivity contribution in [2.24, 2.45) is 5.92 Å². The number of Topliss-reactive ketones (excluding diaryl/α,β-unsaturated/α-hetero) is 1. The van der Waals surface area contributed by atoms with Gasteiger partial charge in [0.25, 0.3) is 0 Å². The lowest BCUT2D eigenvalue weighted by molar-refractivity contribution is -0.134. The van der Waals surface area contributed by atoms with E-state index >= 15 is 0 Å². The van der Waals surface area contributed by atoms with Gasteiger partial charge in [0.15, 0.2) is 0 Å². The number of rotatable bonds is 2. The summed E-state index contributed by atoms with van der Waals surface area (Å²) in [7, 11) is 0. The Morgan fingerprint density at radius 1 is 1.82 bits per heavy atom. The van der Waals surface area contributed by atoms with Crippen molar-refractivity contribution in [1.82, 2.24) is 4.90 Å². The predicted octanol–water partition coefficient (Wildman–Crippen LogP) is 0.567. The van der Waals surface area contributed by atoms with Crippen LogP contribution in [-0.4, -0.2) is 23.1 Å². The zero-order chi connectivity index (χ0) is 8.43. The average Bonchev–Trinajstić information content (AvgIpc) is 2.30. The highest BCUT2D eigenvalue weighted by atomic mass is 16.2. The molecule has 0 aromatic carbocycles. The fraction of sp³-hybridized carbons (Fsp3) is 0.500. The Morgan fingerprint density at radius 3 is 2.73 bits per heavy atom. The Kier molecular flexibility index (Phi) is 2.08. The van der Waals surface area contributed by atoms with Gasteiger partial charge in [-0.3, -0.25) is 9.59 Å². The number of hydrogen-bond donors (Lipinski definition) is 0. The van der Waals surface area contributed by atoms with Crippen LogP contribution in [0.5, 0.6) is 0 Å². The second-order valence-electron chi connectivity index (χ2n) is 2.67. The second-order valence-corrected chi connectivity index (χ2v) is 2.67. The van der Waals surface area contributed by atoms with Crippen molar-refractivity contribution in [1.29, 1.82) is 0 Å². The normalized spacial score (nSPS) is 23.9. The molecule has 1 amide bonds. The lowest BCUT2D eigenvalue weighted by Crippen LogP contribution is -2.24. The molecule has 0 N–H and O–H groups in total. The summed E-state index contributed by atoms with van der Waals surface area (Å²) in [6, 6.07) is 0. The molecular formula is C8H11NO2. The van der Waals surface area contributed by atoms with Gasteiger partial charge in [-0.2, -0.15) is 0 Å². The van der Waals surface area contributed by atoms with Crippen LogP contribution in [0.4, 0.5) is 0 Å². The van der Waals surface area contributed by atoms with E-state index < -0.39 is 5.92 Å². The molecule has 3 nitrogen and oxygen atoms in total. The van der Waals surface area contributed by atoms with Crippen LogP contribution < -0.4 is 0 Å². The van der Waals surface area contributed by atoms with Crippen molar-refractivity contribution in [3.8, 4) is 0 Å². The van der Waals surface area contributed by atoms with Crippen LogP contribution in [0.3, 0.4) is 0 Å². The first kappa shape index (κ1) is 7.98. The number of amides is 1. The third kappa shape index (κ3) is 1.31. The molecular weight excluding hydrogens is 142 g/mol. The molecule has 0 spiro atoms. The first-order valence-corrected chi connectivity index (χ1v) is 3.60. The fourth-order valence-corrected chi connectivity index (χ4v) is 1.26. The van der Waals surface area contributed by atoms with Crippen molar-refractivity contribution >= 4 is 11.7 Å². The average molecular weight is 153 g/mol. The zero-order valence-electron chi connectivity index (χ0n) is 6.54. The Labute approximate surface area is 65.7 Å². The quantitative estimate of drug-likeness (QED) is 0.544. The van der Waals surface area contributed by atoms with Gasteiger partial charge in [-0.1, -0.05) is 6.58 Å². The van der Waals surface area contributed by atoms with Crippen molar-refractivity contribution in [3.05, 3.63) is 12.8 Å². The van der Waals surface area contributed by atoms with E-state index in [1.165, 1.54) is 18.0 Å². The summed E-state index contributed by atoms with van der Waals surface area (Å²) in [5.41, 5.74) is 0. The van der Waals surface area contributed by atoms with E-state index in [0.29, 0.717) is 13.0 Å². The first-order chi connectivity index (χ1) is 5.16. The molecule has 1 fully saturated rings. The van der Waals surface area contributed by atoms with Gasteiger partial charge in [-0.15, -0.1) is 0 Å². The van der Waals surface area contributed by atoms with Crippen LogP contribution in [0.25, 0.3) is 0 Å². The van der Waals surface area contributed by atoms with Gasteiger partial charge in [-0.05, 0) is 19.5 Å². The number of likely N-dealkylation sites (tertiary alicyclic amines) is 1. The minimum absolute atomic E-state index is 0.0423. The van der Waals surface area contributed by atoms with Crippen LogP contribution in [0.2, 0.25) is 0 Å². The van der Waals surface area contributed by atoms with Crippen molar-refractivity contribution < 1.29 is 9.59 Å². The van der Waals surface area contributed by atoms with Gasteiger partial charge < -0.3 is 4.90 Å². The van der Waals surface area contributed by atoms with Gasteiger partial charge >= 0.3 is 0 Å². The minimum atomic E-state index is -0.409. The van der Waals surface area contributed by atoms with E-state index in [1.807, 2.05) is 0 Å². The molecule has 1 saturated heterocycles. The maximum Gasteiger partial charge on any atom is 0.237 e. The number of hydrogen-bond acceptors (Lipinski definition) is 2. The van der Waals surface area contributed by atoms with E-state index in [9.17, 15) is 9.59 Å². The SMILES string of the molecule is C=CN1CC[C@@H](C(C)=O)C1=O. The van der Waals surface area contributed by atoms with E-state index in [1.54, 1.807) is 0 Å². The molecule has 60 valence electrons. The molecule has 0 saturated carbocycles. The first-order valence-electron chi connectivity index (χ1n) is 3.60. The third-order valence-corrected chi connectivity index (χ3v) is 1.95. The Morgan fingerprint density at radius 2 is 2.45 bits per heavy atom. The molecule has 1 aliphatic heterocycles. The highest BCUT2D eigenvalue weighted by Crippen LogP contribution is 2.18. The molecule has 3 heteroatoms. The molecule has 0 aliphatic carbocycles. The Hall–Kier alpha value is -1.12. The topological polar surface area (TPSA) is 37.4 Å². The molecule has 1 rings (SSSR count). The molecule has 0 bridgehead atoms. The summed E-state index contributed by atoms with van der Waals surface area (Å²) in [4.78, 5) is 23.5. The van der Waals surface area contributed by atoms with Crippen LogP contribution in [0, 0.1) is 5.92 Å². The number of carbonyl (C=O) groups is 2. The highest BCUT2D eigenvalue weighted by molar-refractivity contribution is 6.01. The summed E-state index contributed by atoms with van der Waals surface area (Å²) < 4.78 is 0. The Bertz CT molecular complexity index is 210. The van der Waals surface area contributed by atoms with Gasteiger partial charge in [0.05, 0.1) is 5.92 Å². The number of ketones is 1. The summed E-state index contributed by atoms with van der Waals surface area (Å²) in [6.07, 6.45) is 2.12. The molecule has 1 aliphatic rings. The van der Waals surface area contributed by atoms with Gasteiger partial charge in [0, 0.05) is 6.54 Å². The molecule has 11 heavy (non-hydrogen) atoms. The summed E-state index contributed by atoms with van der Waals surface area (Å²) in [5, 5.41) is 0. The molecule has 1 atom stereocenters. The molecule has 0 radical (unpaired) electrons. The third-order valence-electron chi connectivity index (χ3n) is 1.95. The van der Waals surface area contributed by atoms with Gasteiger partial charge in [-0.25, -0.2) is 0 Å². The van der Waals surface area contributed by atoms with E-state index in [2.05, 4.69) is 6.58 Å². The fourth-order valence-electron chi connectivity index (χ4n) is 1.26. The summed E-state index contributed by atoms with van der Waals surface area (Å²) in [5.74, 6) is -0.556.